The highest BCUT2D eigenvalue weighted by Crippen LogP contribution is 2.38. The molecule has 2 aromatic carbocycles. The lowest BCUT2D eigenvalue weighted by molar-refractivity contribution is -0.0812. The summed E-state index contributed by atoms with van der Waals surface area (Å²) in [6.07, 6.45) is -1.40. The number of amides is 1. The Hall–Kier alpha value is -3.76. The van der Waals surface area contributed by atoms with Gasteiger partial charge in [-0.3, -0.25) is 4.79 Å². The number of methoxy groups -OCH3 is 1. The number of fused-ring (bicyclic) bond motifs is 5. The highest BCUT2D eigenvalue weighted by molar-refractivity contribution is 6.17. The number of rotatable bonds is 4. The first-order valence-electron chi connectivity index (χ1n) is 10.4. The van der Waals surface area contributed by atoms with Gasteiger partial charge in [0.2, 0.25) is 0 Å². The fourth-order valence-electron chi connectivity index (χ4n) is 4.39. The molecule has 3 aliphatic rings. The number of nitrogens with one attached hydrogen (secondary N) is 2. The Morgan fingerprint density at radius 2 is 2.09 bits per heavy atom. The summed E-state index contributed by atoms with van der Waals surface area (Å²) in [6.45, 7) is 0.345. The van der Waals surface area contributed by atoms with E-state index in [4.69, 9.17) is 19.0 Å². The maximum atomic E-state index is 13.5. The minimum atomic E-state index is -0.710. The van der Waals surface area contributed by atoms with Gasteiger partial charge in [0.25, 0.3) is 5.91 Å². The smallest absolute Gasteiger partial charge is 0.287 e. The molecule has 3 aromatic rings. The highest BCUT2D eigenvalue weighted by atomic mass is 19.1. The zero-order valence-electron chi connectivity index (χ0n) is 17.4. The van der Waals surface area contributed by atoms with Crippen molar-refractivity contribution in [3.05, 3.63) is 65.6 Å². The van der Waals surface area contributed by atoms with E-state index in [1.54, 1.807) is 19.2 Å². The van der Waals surface area contributed by atoms with E-state index in [1.807, 2.05) is 24.3 Å². The molecule has 4 unspecified atom stereocenters. The highest BCUT2D eigenvalue weighted by Gasteiger charge is 2.55. The number of nitrogens with zero attached hydrogens (tertiary/aromatic N) is 2. The van der Waals surface area contributed by atoms with Crippen LogP contribution in [-0.4, -0.2) is 54.5 Å². The van der Waals surface area contributed by atoms with Crippen molar-refractivity contribution in [1.82, 2.24) is 10.4 Å². The molecule has 6 rings (SSSR count). The van der Waals surface area contributed by atoms with Gasteiger partial charge in [-0.1, -0.05) is 5.16 Å². The molecule has 0 radical (unpaired) electrons. The molecule has 0 aliphatic carbocycles. The van der Waals surface area contributed by atoms with Crippen molar-refractivity contribution in [2.24, 2.45) is 16.2 Å². The second kappa shape index (κ2) is 7.68. The molecule has 10 heteroatoms. The van der Waals surface area contributed by atoms with Crippen LogP contribution in [0.25, 0.3) is 10.9 Å². The summed E-state index contributed by atoms with van der Waals surface area (Å²) in [5.74, 6) is -0.470. The Bertz CT molecular complexity index is 1300. The third kappa shape index (κ3) is 3.35. The lowest BCUT2D eigenvalue weighted by Gasteiger charge is -2.30. The zero-order valence-corrected chi connectivity index (χ0v) is 17.4. The Morgan fingerprint density at radius 1 is 1.24 bits per heavy atom. The van der Waals surface area contributed by atoms with Gasteiger partial charge in [0.15, 0.2) is 12.4 Å². The number of aromatic amines is 1. The first-order chi connectivity index (χ1) is 16.1. The fourth-order valence-corrected chi connectivity index (χ4v) is 4.39. The molecule has 0 spiro atoms. The van der Waals surface area contributed by atoms with Gasteiger partial charge in [0, 0.05) is 16.5 Å². The average molecular weight is 450 g/mol. The molecule has 3 aliphatic heterocycles. The summed E-state index contributed by atoms with van der Waals surface area (Å²) in [7, 11) is 1.60. The number of hydrogen-bond donors (Lipinski definition) is 2. The molecule has 1 aromatic heterocycles. The molecule has 4 atom stereocenters. The number of halogens is 1. The molecule has 0 saturated carbocycles. The maximum absolute atomic E-state index is 13.5. The van der Waals surface area contributed by atoms with Crippen LogP contribution in [-0.2, 0) is 14.3 Å². The first-order valence-corrected chi connectivity index (χ1v) is 10.4. The number of aromatic nitrogens is 1. The Kier molecular flexibility index (Phi) is 4.63. The van der Waals surface area contributed by atoms with Crippen LogP contribution >= 0.6 is 0 Å². The Labute approximate surface area is 187 Å². The van der Waals surface area contributed by atoms with Gasteiger partial charge >= 0.3 is 0 Å². The largest absolute Gasteiger partial charge is 0.497 e. The first kappa shape index (κ1) is 19.9. The normalized spacial score (nSPS) is 26.7. The molecule has 1 amide bonds. The molecule has 2 saturated heterocycles. The van der Waals surface area contributed by atoms with E-state index in [9.17, 15) is 9.18 Å². The predicted molar refractivity (Wildman–Crippen MR) is 116 cm³/mol. The molecule has 2 fully saturated rings. The number of ether oxygens (including phenoxy) is 3. The summed E-state index contributed by atoms with van der Waals surface area (Å²) in [5, 5.41) is 9.26. The van der Waals surface area contributed by atoms with Crippen LogP contribution in [0.4, 0.5) is 4.39 Å². The molecule has 168 valence electrons. The standard InChI is InChI=1S/C23H19FN4O5/c1-30-14-5-2-11(3-6-14)19-18-20(23-31-10-17(32-23)21(18)33-28-19)26-27-22(29)16-9-12-8-13(24)4-7-15(12)25-16/h2-9,17-18,21,23,25H,10H2,1H3,(H,27,29). The lowest BCUT2D eigenvalue weighted by atomic mass is 9.84. The van der Waals surface area contributed by atoms with Gasteiger partial charge in [0.05, 0.1) is 25.3 Å². The number of benzene rings is 2. The number of oxime groups is 1. The van der Waals surface area contributed by atoms with E-state index in [0.29, 0.717) is 28.9 Å². The molecule has 2 N–H and O–H groups in total. The SMILES string of the molecule is COc1ccc(C2=NOC3C4COC(O4)C(=NNC(=O)c4cc5cc(F)ccc5[nH]4)C23)cc1. The van der Waals surface area contributed by atoms with Crippen LogP contribution in [0.2, 0.25) is 0 Å². The van der Waals surface area contributed by atoms with Gasteiger partial charge in [0.1, 0.15) is 29.1 Å². The third-order valence-electron chi connectivity index (χ3n) is 6.03. The number of carbonyl (C=O) groups excluding carboxylic acids is 1. The van der Waals surface area contributed by atoms with E-state index in [2.05, 4.69) is 20.7 Å². The number of carbonyl (C=O) groups is 1. The second-order valence-electron chi connectivity index (χ2n) is 7.98. The van der Waals surface area contributed by atoms with E-state index in [1.165, 1.54) is 12.1 Å². The molecule has 33 heavy (non-hydrogen) atoms. The summed E-state index contributed by atoms with van der Waals surface area (Å²) >= 11 is 0. The van der Waals surface area contributed by atoms with Gasteiger partial charge in [-0.15, -0.1) is 0 Å². The molecular formula is C23H19FN4O5. The predicted octanol–water partition coefficient (Wildman–Crippen LogP) is 2.58. The van der Waals surface area contributed by atoms with Crippen molar-refractivity contribution in [3.8, 4) is 5.75 Å². The fraction of sp³-hybridized carbons (Fsp3) is 0.261. The summed E-state index contributed by atoms with van der Waals surface area (Å²) < 4.78 is 30.3. The zero-order chi connectivity index (χ0) is 22.5. The van der Waals surface area contributed by atoms with Gasteiger partial charge in [-0.05, 0) is 48.5 Å². The van der Waals surface area contributed by atoms with E-state index in [-0.39, 0.29) is 23.5 Å². The van der Waals surface area contributed by atoms with Crippen molar-refractivity contribution in [1.29, 1.82) is 0 Å². The molecule has 4 heterocycles. The Morgan fingerprint density at radius 3 is 2.91 bits per heavy atom. The average Bonchev–Trinajstić information content (AvgIpc) is 3.56. The minimum Gasteiger partial charge on any atom is -0.497 e. The van der Waals surface area contributed by atoms with Crippen LogP contribution in [0.3, 0.4) is 0 Å². The second-order valence-corrected chi connectivity index (χ2v) is 7.98. The quantitative estimate of drug-likeness (QED) is 0.595. The van der Waals surface area contributed by atoms with E-state index in [0.717, 1.165) is 11.3 Å². The van der Waals surface area contributed by atoms with Gasteiger partial charge < -0.3 is 24.0 Å². The summed E-state index contributed by atoms with van der Waals surface area (Å²) in [4.78, 5) is 21.4. The van der Waals surface area contributed by atoms with Crippen molar-refractivity contribution >= 4 is 28.2 Å². The Balaban J connectivity index is 1.29. The van der Waals surface area contributed by atoms with Crippen molar-refractivity contribution in [3.63, 3.8) is 0 Å². The van der Waals surface area contributed by atoms with Crippen LogP contribution in [0.15, 0.2) is 58.8 Å². The molecule has 2 bridgehead atoms. The number of H-pyrrole nitrogens is 1. The van der Waals surface area contributed by atoms with Crippen molar-refractivity contribution in [2.75, 3.05) is 13.7 Å². The van der Waals surface area contributed by atoms with E-state index >= 15 is 0 Å². The summed E-state index contributed by atoms with van der Waals surface area (Å²) in [6, 6.07) is 13.3. The molecular weight excluding hydrogens is 431 g/mol. The van der Waals surface area contributed by atoms with Crippen molar-refractivity contribution in [2.45, 2.75) is 18.5 Å². The van der Waals surface area contributed by atoms with Gasteiger partial charge in [-0.25, -0.2) is 9.82 Å². The van der Waals surface area contributed by atoms with Crippen LogP contribution < -0.4 is 10.2 Å². The summed E-state index contributed by atoms with van der Waals surface area (Å²) in [5.41, 5.74) is 5.46. The van der Waals surface area contributed by atoms with Crippen LogP contribution in [0.1, 0.15) is 16.1 Å². The molecule has 9 nitrogen and oxygen atoms in total. The number of hydrazone groups is 1. The maximum Gasteiger partial charge on any atom is 0.287 e. The van der Waals surface area contributed by atoms with Crippen LogP contribution in [0, 0.1) is 11.7 Å². The topological polar surface area (TPSA) is 107 Å². The monoisotopic (exact) mass is 450 g/mol. The van der Waals surface area contributed by atoms with Crippen LogP contribution in [0.5, 0.6) is 5.75 Å². The van der Waals surface area contributed by atoms with Crippen molar-refractivity contribution < 1.29 is 28.2 Å². The number of hydrogen-bond acceptors (Lipinski definition) is 7. The lowest BCUT2D eigenvalue weighted by Crippen LogP contribution is -2.49. The van der Waals surface area contributed by atoms with Gasteiger partial charge in [-0.2, -0.15) is 5.10 Å². The minimum absolute atomic E-state index is 0.255. The third-order valence-corrected chi connectivity index (χ3v) is 6.03. The van der Waals surface area contributed by atoms with E-state index < -0.39 is 18.3 Å².